The molecule has 1 aromatic carbocycles. The lowest BCUT2D eigenvalue weighted by molar-refractivity contribution is -0.142. The molecule has 124 valence electrons. The first-order chi connectivity index (χ1) is 11.6. The number of benzene rings is 1. The molecule has 0 bridgehead atoms. The third kappa shape index (κ3) is 3.15. The fraction of sp³-hybridized carbons (Fsp3) is 0.235. The number of nitrogens with one attached hydrogen (secondary N) is 2. The van der Waals surface area contributed by atoms with Crippen LogP contribution >= 0.6 is 0 Å². The van der Waals surface area contributed by atoms with E-state index < -0.39 is 17.9 Å². The number of aromatic nitrogens is 2. The molecule has 3 rings (SSSR count). The van der Waals surface area contributed by atoms with Gasteiger partial charge in [0.1, 0.15) is 6.04 Å². The molecule has 0 aliphatic heterocycles. The standard InChI is InChI=1S/C17H17N3O4/c1-10-7-15(24-20-10)16(21)19-14(17(22)23-2)8-11-9-18-13-6-4-3-5-12(11)13/h3-7,9,14,18H,8H2,1-2H3,(H,19,21). The fourth-order valence-electron chi connectivity index (χ4n) is 2.56. The summed E-state index contributed by atoms with van der Waals surface area (Å²) in [6, 6.07) is 8.43. The van der Waals surface area contributed by atoms with Gasteiger partial charge in [0.15, 0.2) is 0 Å². The van der Waals surface area contributed by atoms with Gasteiger partial charge in [-0.25, -0.2) is 4.79 Å². The van der Waals surface area contributed by atoms with E-state index >= 15 is 0 Å². The van der Waals surface area contributed by atoms with Crippen molar-refractivity contribution in [3.05, 3.63) is 53.5 Å². The number of carbonyl (C=O) groups is 2. The Morgan fingerprint density at radius 2 is 2.17 bits per heavy atom. The second-order valence-corrected chi connectivity index (χ2v) is 5.45. The zero-order chi connectivity index (χ0) is 17.1. The Morgan fingerprint density at radius 1 is 1.38 bits per heavy atom. The molecule has 7 nitrogen and oxygen atoms in total. The number of esters is 1. The molecule has 7 heteroatoms. The lowest BCUT2D eigenvalue weighted by atomic mass is 10.0. The lowest BCUT2D eigenvalue weighted by Crippen LogP contribution is -2.42. The van der Waals surface area contributed by atoms with Crippen LogP contribution in [0.25, 0.3) is 10.9 Å². The largest absolute Gasteiger partial charge is 0.467 e. The van der Waals surface area contributed by atoms with Crippen LogP contribution in [0.4, 0.5) is 0 Å². The second kappa shape index (κ2) is 6.57. The maximum absolute atomic E-state index is 12.2. The van der Waals surface area contributed by atoms with Crippen LogP contribution in [-0.4, -0.2) is 35.2 Å². The average molecular weight is 327 g/mol. The molecule has 3 aromatic rings. The fourth-order valence-corrected chi connectivity index (χ4v) is 2.56. The molecule has 0 radical (unpaired) electrons. The molecular formula is C17H17N3O4. The minimum Gasteiger partial charge on any atom is -0.467 e. The monoisotopic (exact) mass is 327 g/mol. The summed E-state index contributed by atoms with van der Waals surface area (Å²) in [5.41, 5.74) is 2.47. The summed E-state index contributed by atoms with van der Waals surface area (Å²) in [7, 11) is 1.29. The van der Waals surface area contributed by atoms with Crippen molar-refractivity contribution in [3.63, 3.8) is 0 Å². The van der Waals surface area contributed by atoms with Crippen molar-refractivity contribution in [2.45, 2.75) is 19.4 Å². The van der Waals surface area contributed by atoms with E-state index in [0.717, 1.165) is 16.5 Å². The van der Waals surface area contributed by atoms with Crippen LogP contribution in [0.2, 0.25) is 0 Å². The number of para-hydroxylation sites is 1. The summed E-state index contributed by atoms with van der Waals surface area (Å²) >= 11 is 0. The summed E-state index contributed by atoms with van der Waals surface area (Å²) in [5.74, 6) is -0.976. The molecule has 1 amide bonds. The van der Waals surface area contributed by atoms with Gasteiger partial charge < -0.3 is 19.6 Å². The Kier molecular flexibility index (Phi) is 4.33. The van der Waals surface area contributed by atoms with Crippen molar-refractivity contribution in [1.29, 1.82) is 0 Å². The molecule has 24 heavy (non-hydrogen) atoms. The van der Waals surface area contributed by atoms with Crippen LogP contribution in [0.3, 0.4) is 0 Å². The maximum Gasteiger partial charge on any atom is 0.328 e. The highest BCUT2D eigenvalue weighted by atomic mass is 16.5. The van der Waals surface area contributed by atoms with Crippen LogP contribution < -0.4 is 5.32 Å². The van der Waals surface area contributed by atoms with E-state index in [1.165, 1.54) is 13.2 Å². The van der Waals surface area contributed by atoms with Crippen molar-refractivity contribution in [1.82, 2.24) is 15.5 Å². The molecule has 1 unspecified atom stereocenters. The van der Waals surface area contributed by atoms with Crippen molar-refractivity contribution in [2.24, 2.45) is 0 Å². The number of fused-ring (bicyclic) bond motifs is 1. The quantitative estimate of drug-likeness (QED) is 0.698. The predicted octanol–water partition coefficient (Wildman–Crippen LogP) is 1.98. The van der Waals surface area contributed by atoms with Gasteiger partial charge in [-0.2, -0.15) is 0 Å². The molecule has 0 spiro atoms. The Morgan fingerprint density at radius 3 is 2.88 bits per heavy atom. The van der Waals surface area contributed by atoms with E-state index in [-0.39, 0.29) is 5.76 Å². The summed E-state index contributed by atoms with van der Waals surface area (Å²) in [4.78, 5) is 27.4. The Balaban J connectivity index is 1.81. The molecule has 0 saturated carbocycles. The number of hydrogen-bond acceptors (Lipinski definition) is 5. The molecule has 2 aromatic heterocycles. The minimum atomic E-state index is -0.827. The van der Waals surface area contributed by atoms with Crippen LogP contribution in [-0.2, 0) is 16.0 Å². The topological polar surface area (TPSA) is 97.2 Å². The van der Waals surface area contributed by atoms with Gasteiger partial charge in [-0.3, -0.25) is 4.79 Å². The van der Waals surface area contributed by atoms with Gasteiger partial charge in [0.05, 0.1) is 12.8 Å². The van der Waals surface area contributed by atoms with Gasteiger partial charge in [-0.05, 0) is 18.6 Å². The minimum absolute atomic E-state index is 0.0559. The molecular weight excluding hydrogens is 310 g/mol. The van der Waals surface area contributed by atoms with Crippen LogP contribution in [0.1, 0.15) is 21.8 Å². The number of aryl methyl sites for hydroxylation is 1. The third-order valence-electron chi connectivity index (χ3n) is 3.74. The number of nitrogens with zero attached hydrogens (tertiary/aromatic N) is 1. The number of H-pyrrole nitrogens is 1. The van der Waals surface area contributed by atoms with E-state index in [4.69, 9.17) is 9.26 Å². The second-order valence-electron chi connectivity index (χ2n) is 5.45. The van der Waals surface area contributed by atoms with Gasteiger partial charge in [0, 0.05) is 29.6 Å². The Labute approximate surface area is 138 Å². The first kappa shape index (κ1) is 15.8. The highest BCUT2D eigenvalue weighted by Crippen LogP contribution is 2.19. The summed E-state index contributed by atoms with van der Waals surface area (Å²) in [6.45, 7) is 1.71. The SMILES string of the molecule is COC(=O)C(Cc1c[nH]c2ccccc12)NC(=O)c1cc(C)no1. The molecule has 2 heterocycles. The lowest BCUT2D eigenvalue weighted by Gasteiger charge is -2.15. The number of amides is 1. The zero-order valence-electron chi connectivity index (χ0n) is 13.3. The smallest absolute Gasteiger partial charge is 0.328 e. The molecule has 0 fully saturated rings. The molecule has 2 N–H and O–H groups in total. The average Bonchev–Trinajstić information content (AvgIpc) is 3.20. The van der Waals surface area contributed by atoms with E-state index in [1.807, 2.05) is 30.5 Å². The first-order valence-corrected chi connectivity index (χ1v) is 7.45. The number of rotatable bonds is 5. The molecule has 0 aliphatic rings. The third-order valence-corrected chi connectivity index (χ3v) is 3.74. The Bertz CT molecular complexity index is 881. The number of carbonyl (C=O) groups excluding carboxylic acids is 2. The van der Waals surface area contributed by atoms with Gasteiger partial charge in [-0.1, -0.05) is 23.4 Å². The van der Waals surface area contributed by atoms with E-state index in [0.29, 0.717) is 12.1 Å². The number of hydrogen-bond donors (Lipinski definition) is 2. The molecule has 0 saturated heterocycles. The number of aromatic amines is 1. The molecule has 0 aliphatic carbocycles. The summed E-state index contributed by atoms with van der Waals surface area (Å²) < 4.78 is 9.73. The highest BCUT2D eigenvalue weighted by Gasteiger charge is 2.25. The van der Waals surface area contributed by atoms with Gasteiger partial charge in [0.25, 0.3) is 5.91 Å². The van der Waals surface area contributed by atoms with Crippen LogP contribution in [0.5, 0.6) is 0 Å². The first-order valence-electron chi connectivity index (χ1n) is 7.45. The molecule has 1 atom stereocenters. The number of methoxy groups -OCH3 is 1. The van der Waals surface area contributed by atoms with Gasteiger partial charge >= 0.3 is 5.97 Å². The zero-order valence-corrected chi connectivity index (χ0v) is 13.3. The van der Waals surface area contributed by atoms with Crippen molar-refractivity contribution >= 4 is 22.8 Å². The van der Waals surface area contributed by atoms with Gasteiger partial charge in [-0.15, -0.1) is 0 Å². The van der Waals surface area contributed by atoms with Crippen molar-refractivity contribution < 1.29 is 18.8 Å². The normalized spacial score (nSPS) is 12.1. The van der Waals surface area contributed by atoms with E-state index in [9.17, 15) is 9.59 Å². The Hall–Kier alpha value is -3.09. The van der Waals surface area contributed by atoms with Crippen molar-refractivity contribution in [3.8, 4) is 0 Å². The number of ether oxygens (including phenoxy) is 1. The van der Waals surface area contributed by atoms with Gasteiger partial charge in [0.2, 0.25) is 5.76 Å². The van der Waals surface area contributed by atoms with E-state index in [1.54, 1.807) is 6.92 Å². The predicted molar refractivity (Wildman–Crippen MR) is 86.5 cm³/mol. The van der Waals surface area contributed by atoms with Crippen LogP contribution in [0, 0.1) is 6.92 Å². The maximum atomic E-state index is 12.2. The van der Waals surface area contributed by atoms with Crippen molar-refractivity contribution in [2.75, 3.05) is 7.11 Å². The van der Waals surface area contributed by atoms with E-state index in [2.05, 4.69) is 15.5 Å². The van der Waals surface area contributed by atoms with Crippen LogP contribution in [0.15, 0.2) is 41.1 Å². The highest BCUT2D eigenvalue weighted by molar-refractivity contribution is 5.95. The summed E-state index contributed by atoms with van der Waals surface area (Å²) in [6.07, 6.45) is 2.13. The summed E-state index contributed by atoms with van der Waals surface area (Å²) in [5, 5.41) is 7.31.